The minimum Gasteiger partial charge on any atom is -0.361 e. The number of halogens is 2. The van der Waals surface area contributed by atoms with Crippen LogP contribution in [0.25, 0.3) is 17.0 Å². The van der Waals surface area contributed by atoms with Gasteiger partial charge < -0.3 is 4.98 Å². The first-order chi connectivity index (χ1) is 6.81. The maximum absolute atomic E-state index is 5.59. The minimum absolute atomic E-state index is 0.542. The summed E-state index contributed by atoms with van der Waals surface area (Å²) in [4.78, 5) is 3.21. The molecule has 0 saturated heterocycles. The Morgan fingerprint density at radius 1 is 1.43 bits per heavy atom. The third kappa shape index (κ3) is 1.86. The molecule has 1 aromatic carbocycles. The summed E-state index contributed by atoms with van der Waals surface area (Å²) in [6, 6.07) is 6.17. The molecule has 0 aliphatic rings. The van der Waals surface area contributed by atoms with E-state index in [1.807, 2.05) is 24.4 Å². The highest BCUT2D eigenvalue weighted by molar-refractivity contribution is 9.10. The molecule has 0 bridgehead atoms. The number of hydrogen-bond acceptors (Lipinski definition) is 0. The van der Waals surface area contributed by atoms with E-state index < -0.39 is 0 Å². The maximum Gasteiger partial charge on any atom is 0.0460 e. The predicted octanol–water partition coefficient (Wildman–Crippen LogP) is 4.18. The zero-order valence-electron chi connectivity index (χ0n) is 7.43. The van der Waals surface area contributed by atoms with E-state index in [-0.39, 0.29) is 0 Å². The van der Waals surface area contributed by atoms with Crippen molar-refractivity contribution in [3.05, 3.63) is 40.5 Å². The molecule has 0 atom stereocenters. The van der Waals surface area contributed by atoms with Crippen molar-refractivity contribution in [2.75, 3.05) is 5.88 Å². The molecule has 0 aliphatic carbocycles. The summed E-state index contributed by atoms with van der Waals surface area (Å²) in [5, 5.41) is 1.21. The Morgan fingerprint density at radius 3 is 3.07 bits per heavy atom. The lowest BCUT2D eigenvalue weighted by Crippen LogP contribution is -1.70. The van der Waals surface area contributed by atoms with Crippen LogP contribution in [0.1, 0.15) is 5.56 Å². The minimum atomic E-state index is 0.542. The van der Waals surface area contributed by atoms with Gasteiger partial charge in [0.15, 0.2) is 0 Å². The number of alkyl halides is 1. The first kappa shape index (κ1) is 9.81. The van der Waals surface area contributed by atoms with Gasteiger partial charge in [0.1, 0.15) is 0 Å². The second-order valence-electron chi connectivity index (χ2n) is 2.99. The lowest BCUT2D eigenvalue weighted by molar-refractivity contribution is 1.47. The fourth-order valence-corrected chi connectivity index (χ4v) is 1.87. The van der Waals surface area contributed by atoms with Gasteiger partial charge in [-0.05, 0) is 23.8 Å². The van der Waals surface area contributed by atoms with Gasteiger partial charge in [-0.25, -0.2) is 0 Å². The first-order valence-electron chi connectivity index (χ1n) is 4.30. The highest BCUT2D eigenvalue weighted by Crippen LogP contribution is 2.23. The summed E-state index contributed by atoms with van der Waals surface area (Å²) in [5.74, 6) is 0.542. The zero-order valence-corrected chi connectivity index (χ0v) is 9.77. The summed E-state index contributed by atoms with van der Waals surface area (Å²) in [6.45, 7) is 0. The Morgan fingerprint density at radius 2 is 2.29 bits per heavy atom. The molecule has 2 aromatic rings. The molecule has 1 N–H and O–H groups in total. The third-order valence-electron chi connectivity index (χ3n) is 2.06. The second-order valence-corrected chi connectivity index (χ2v) is 4.21. The summed E-state index contributed by atoms with van der Waals surface area (Å²) in [6.07, 6.45) is 5.95. The van der Waals surface area contributed by atoms with Crippen LogP contribution < -0.4 is 0 Å². The van der Waals surface area contributed by atoms with Crippen molar-refractivity contribution in [1.29, 1.82) is 0 Å². The number of nitrogens with one attached hydrogen (secondary N) is 1. The van der Waals surface area contributed by atoms with Crippen LogP contribution >= 0.6 is 27.5 Å². The standard InChI is InChI=1S/C11H9BrClN/c12-9-3-4-11-10(6-9)8(7-14-11)2-1-5-13/h1-4,6-7,14H,5H2. The van der Waals surface area contributed by atoms with Crippen molar-refractivity contribution in [1.82, 2.24) is 4.98 Å². The molecule has 0 amide bonds. The molecule has 0 saturated carbocycles. The molecule has 3 heteroatoms. The number of aromatic amines is 1. The van der Waals surface area contributed by atoms with Crippen LogP contribution in [0.15, 0.2) is 34.9 Å². The van der Waals surface area contributed by atoms with Crippen molar-refractivity contribution < 1.29 is 0 Å². The van der Waals surface area contributed by atoms with Crippen molar-refractivity contribution in [2.45, 2.75) is 0 Å². The van der Waals surface area contributed by atoms with Crippen molar-refractivity contribution >= 4 is 44.5 Å². The largest absolute Gasteiger partial charge is 0.361 e. The lowest BCUT2D eigenvalue weighted by atomic mass is 10.2. The van der Waals surface area contributed by atoms with Gasteiger partial charge >= 0.3 is 0 Å². The molecule has 0 spiro atoms. The molecule has 2 rings (SSSR count). The van der Waals surface area contributed by atoms with Crippen molar-refractivity contribution in [2.24, 2.45) is 0 Å². The van der Waals surface area contributed by atoms with Crippen LogP contribution in [-0.2, 0) is 0 Å². The Bertz CT molecular complexity index is 473. The van der Waals surface area contributed by atoms with E-state index in [2.05, 4.69) is 33.0 Å². The average Bonchev–Trinajstić information content (AvgIpc) is 2.57. The van der Waals surface area contributed by atoms with Crippen LogP contribution in [0.2, 0.25) is 0 Å². The number of rotatable bonds is 2. The fourth-order valence-electron chi connectivity index (χ4n) is 1.42. The highest BCUT2D eigenvalue weighted by atomic mass is 79.9. The van der Waals surface area contributed by atoms with E-state index >= 15 is 0 Å². The number of fused-ring (bicyclic) bond motifs is 1. The number of aromatic nitrogens is 1. The van der Waals surface area contributed by atoms with E-state index in [0.29, 0.717) is 5.88 Å². The average molecular weight is 271 g/mol. The summed E-state index contributed by atoms with van der Waals surface area (Å²) in [5.41, 5.74) is 2.31. The van der Waals surface area contributed by atoms with Gasteiger partial charge in [-0.15, -0.1) is 11.6 Å². The summed E-state index contributed by atoms with van der Waals surface area (Å²) >= 11 is 9.05. The Labute approximate surface area is 95.9 Å². The normalized spacial score (nSPS) is 11.6. The Hall–Kier alpha value is -0.730. The molecule has 72 valence electrons. The van der Waals surface area contributed by atoms with Crippen LogP contribution in [-0.4, -0.2) is 10.9 Å². The van der Waals surface area contributed by atoms with E-state index in [1.165, 1.54) is 10.9 Å². The van der Waals surface area contributed by atoms with Gasteiger partial charge in [-0.2, -0.15) is 0 Å². The predicted molar refractivity (Wildman–Crippen MR) is 65.8 cm³/mol. The van der Waals surface area contributed by atoms with E-state index in [0.717, 1.165) is 9.99 Å². The smallest absolute Gasteiger partial charge is 0.0460 e. The first-order valence-corrected chi connectivity index (χ1v) is 5.63. The van der Waals surface area contributed by atoms with Crippen molar-refractivity contribution in [3.8, 4) is 0 Å². The molecule has 0 radical (unpaired) electrons. The monoisotopic (exact) mass is 269 g/mol. The summed E-state index contributed by atoms with van der Waals surface area (Å²) in [7, 11) is 0. The summed E-state index contributed by atoms with van der Waals surface area (Å²) < 4.78 is 1.09. The zero-order chi connectivity index (χ0) is 9.97. The Kier molecular flexibility index (Phi) is 2.94. The Balaban J connectivity index is 2.55. The van der Waals surface area contributed by atoms with Gasteiger partial charge in [0.2, 0.25) is 0 Å². The van der Waals surface area contributed by atoms with Gasteiger partial charge in [-0.1, -0.05) is 28.1 Å². The van der Waals surface area contributed by atoms with Crippen LogP contribution in [0, 0.1) is 0 Å². The fraction of sp³-hybridized carbons (Fsp3) is 0.0909. The van der Waals surface area contributed by atoms with E-state index in [1.54, 1.807) is 0 Å². The number of benzene rings is 1. The second kappa shape index (κ2) is 4.20. The topological polar surface area (TPSA) is 15.8 Å². The van der Waals surface area contributed by atoms with Crippen molar-refractivity contribution in [3.63, 3.8) is 0 Å². The lowest BCUT2D eigenvalue weighted by Gasteiger charge is -1.93. The molecule has 0 unspecified atom stereocenters. The number of allylic oxidation sites excluding steroid dienone is 1. The molecule has 0 fully saturated rings. The molecule has 0 aliphatic heterocycles. The molecule has 1 nitrogen and oxygen atoms in total. The van der Waals surface area contributed by atoms with Crippen LogP contribution in [0.5, 0.6) is 0 Å². The maximum atomic E-state index is 5.59. The van der Waals surface area contributed by atoms with E-state index in [9.17, 15) is 0 Å². The van der Waals surface area contributed by atoms with Gasteiger partial charge in [0, 0.05) is 27.5 Å². The third-order valence-corrected chi connectivity index (χ3v) is 2.73. The molecule has 1 aromatic heterocycles. The molecular weight excluding hydrogens is 261 g/mol. The molecular formula is C11H9BrClN. The van der Waals surface area contributed by atoms with Gasteiger partial charge in [0.05, 0.1) is 0 Å². The van der Waals surface area contributed by atoms with Gasteiger partial charge in [-0.3, -0.25) is 0 Å². The molecule has 14 heavy (non-hydrogen) atoms. The molecule has 1 heterocycles. The van der Waals surface area contributed by atoms with Crippen LogP contribution in [0.4, 0.5) is 0 Å². The van der Waals surface area contributed by atoms with Crippen LogP contribution in [0.3, 0.4) is 0 Å². The van der Waals surface area contributed by atoms with E-state index in [4.69, 9.17) is 11.6 Å². The van der Waals surface area contributed by atoms with Gasteiger partial charge in [0.25, 0.3) is 0 Å². The quantitative estimate of drug-likeness (QED) is 0.788. The number of H-pyrrole nitrogens is 1. The number of hydrogen-bond donors (Lipinski definition) is 1. The highest BCUT2D eigenvalue weighted by Gasteiger charge is 2.00. The SMILES string of the molecule is ClCC=Cc1c[nH]c2ccc(Br)cc12.